The molecule has 1 aliphatic rings. The summed E-state index contributed by atoms with van der Waals surface area (Å²) in [5.74, 6) is 0.507. The van der Waals surface area contributed by atoms with Crippen LogP contribution in [0.15, 0.2) is 48.6 Å². The zero-order valence-electron chi connectivity index (χ0n) is 20.2. The molecule has 0 bridgehead atoms. The maximum atomic E-state index is 12.0. The number of ketones is 1. The highest BCUT2D eigenvalue weighted by Gasteiger charge is 2.01. The Morgan fingerprint density at radius 3 is 1.66 bits per heavy atom. The van der Waals surface area contributed by atoms with Gasteiger partial charge in [-0.05, 0) is 77.0 Å². The van der Waals surface area contributed by atoms with E-state index in [1.54, 1.807) is 0 Å². The average molecular weight is 443 g/mol. The lowest BCUT2D eigenvalue weighted by atomic mass is 10.0. The average Bonchev–Trinajstić information content (AvgIpc) is 2.78. The smallest absolute Gasteiger partial charge is 0.234 e. The zero-order chi connectivity index (χ0) is 23.0. The van der Waals surface area contributed by atoms with Gasteiger partial charge in [-0.25, -0.2) is 5.43 Å². The van der Waals surface area contributed by atoms with Gasteiger partial charge in [0.25, 0.3) is 0 Å². The number of allylic oxidation sites excluding steroid dienone is 8. The molecular weight excluding hydrogens is 396 g/mol. The predicted molar refractivity (Wildman–Crippen MR) is 136 cm³/mol. The lowest BCUT2D eigenvalue weighted by Gasteiger charge is -2.06. The first-order valence-corrected chi connectivity index (χ1v) is 12.9. The summed E-state index contributed by atoms with van der Waals surface area (Å²) >= 11 is 0. The van der Waals surface area contributed by atoms with Crippen molar-refractivity contribution in [2.24, 2.45) is 0 Å². The van der Waals surface area contributed by atoms with Crippen molar-refractivity contribution in [3.8, 4) is 0 Å². The van der Waals surface area contributed by atoms with Crippen LogP contribution in [0, 0.1) is 0 Å². The summed E-state index contributed by atoms with van der Waals surface area (Å²) in [6, 6.07) is 0. The first kappa shape index (κ1) is 28.1. The molecule has 0 spiro atoms. The van der Waals surface area contributed by atoms with E-state index in [1.165, 1.54) is 12.8 Å². The highest BCUT2D eigenvalue weighted by molar-refractivity contribution is 5.78. The molecule has 180 valence electrons. The Hall–Kier alpha value is -1.94. The highest BCUT2D eigenvalue weighted by atomic mass is 16.2. The van der Waals surface area contributed by atoms with Crippen molar-refractivity contribution in [2.75, 3.05) is 6.54 Å². The summed E-state index contributed by atoms with van der Waals surface area (Å²) in [4.78, 5) is 23.8. The van der Waals surface area contributed by atoms with Gasteiger partial charge in [-0.2, -0.15) is 0 Å². The van der Waals surface area contributed by atoms with Crippen LogP contribution in [0.4, 0.5) is 0 Å². The maximum absolute atomic E-state index is 12.0. The maximum Gasteiger partial charge on any atom is 0.234 e. The molecule has 1 rings (SSSR count). The fourth-order valence-electron chi connectivity index (χ4n) is 3.57. The molecule has 32 heavy (non-hydrogen) atoms. The number of carbonyl (C=O) groups excluding carboxylic acids is 2. The summed E-state index contributed by atoms with van der Waals surface area (Å²) in [5, 5.41) is 0. The molecule has 0 fully saturated rings. The molecule has 0 radical (unpaired) electrons. The standard InChI is InChI=1S/C28H46N2O2/c31-27-23-19-15-11-7-3-1-2-4-9-13-17-21-25-28(32)30-29-26-22-18-14-10-6-5-8-12-16-20-24-27/h1-2,6,8-10,12-13,29H,3-5,7,11,14-26H2,(H,30,32). The molecule has 2 N–H and O–H groups in total. The van der Waals surface area contributed by atoms with Crippen molar-refractivity contribution < 1.29 is 9.59 Å². The normalized spacial score (nSPS) is 21.1. The molecule has 4 nitrogen and oxygen atoms in total. The van der Waals surface area contributed by atoms with Gasteiger partial charge in [0.1, 0.15) is 5.78 Å². The number of rotatable bonds is 0. The Balaban J connectivity index is 2.27. The monoisotopic (exact) mass is 442 g/mol. The minimum Gasteiger partial charge on any atom is -0.300 e. The number of hydrogen-bond donors (Lipinski definition) is 2. The highest BCUT2D eigenvalue weighted by Crippen LogP contribution is 2.09. The van der Waals surface area contributed by atoms with E-state index in [2.05, 4.69) is 59.5 Å². The fourth-order valence-corrected chi connectivity index (χ4v) is 3.57. The van der Waals surface area contributed by atoms with Crippen LogP contribution in [0.5, 0.6) is 0 Å². The van der Waals surface area contributed by atoms with Gasteiger partial charge in [0, 0.05) is 25.8 Å². The Kier molecular flexibility index (Phi) is 19.5. The molecule has 0 aromatic carbocycles. The molecular formula is C28H46N2O2. The zero-order valence-corrected chi connectivity index (χ0v) is 20.2. The summed E-state index contributed by atoms with van der Waals surface area (Å²) in [5.41, 5.74) is 5.82. The van der Waals surface area contributed by atoms with Crippen LogP contribution in [-0.4, -0.2) is 18.2 Å². The molecule has 1 heterocycles. The minimum absolute atomic E-state index is 0.0778. The molecule has 0 aliphatic carbocycles. The molecule has 0 saturated carbocycles. The van der Waals surface area contributed by atoms with Gasteiger partial charge < -0.3 is 0 Å². The molecule has 0 atom stereocenters. The summed E-state index contributed by atoms with van der Waals surface area (Å²) in [6.07, 6.45) is 34.4. The van der Waals surface area contributed by atoms with Crippen molar-refractivity contribution in [1.82, 2.24) is 10.9 Å². The van der Waals surface area contributed by atoms with Crippen LogP contribution in [0.3, 0.4) is 0 Å². The third-order valence-corrected chi connectivity index (χ3v) is 5.54. The van der Waals surface area contributed by atoms with Crippen LogP contribution in [0.1, 0.15) is 109 Å². The lowest BCUT2D eigenvalue weighted by Crippen LogP contribution is -2.37. The Morgan fingerprint density at radius 1 is 0.500 bits per heavy atom. The molecule has 0 unspecified atom stereocenters. The second-order valence-corrected chi connectivity index (χ2v) is 8.60. The topological polar surface area (TPSA) is 58.2 Å². The van der Waals surface area contributed by atoms with E-state index in [4.69, 9.17) is 0 Å². The Bertz CT molecular complexity index is 538. The molecule has 0 aromatic heterocycles. The number of nitrogens with one attached hydrogen (secondary N) is 2. The van der Waals surface area contributed by atoms with Crippen LogP contribution >= 0.6 is 0 Å². The van der Waals surface area contributed by atoms with Crippen LogP contribution in [0.25, 0.3) is 0 Å². The third kappa shape index (κ3) is 20.0. The van der Waals surface area contributed by atoms with E-state index >= 15 is 0 Å². The number of amides is 1. The minimum atomic E-state index is 0.0778. The fraction of sp³-hybridized carbons (Fsp3) is 0.643. The van der Waals surface area contributed by atoms with Crippen LogP contribution in [0.2, 0.25) is 0 Å². The second kappa shape index (κ2) is 22.3. The van der Waals surface area contributed by atoms with Crippen molar-refractivity contribution in [1.29, 1.82) is 0 Å². The van der Waals surface area contributed by atoms with Gasteiger partial charge in [-0.3, -0.25) is 15.0 Å². The van der Waals surface area contributed by atoms with E-state index in [0.29, 0.717) is 12.2 Å². The number of hydrogen-bond acceptors (Lipinski definition) is 3. The van der Waals surface area contributed by atoms with E-state index in [9.17, 15) is 9.59 Å². The first-order valence-electron chi connectivity index (χ1n) is 12.9. The number of carbonyl (C=O) groups is 2. The molecule has 1 amide bonds. The van der Waals surface area contributed by atoms with Crippen LogP contribution in [-0.2, 0) is 9.59 Å². The van der Waals surface area contributed by atoms with Crippen molar-refractivity contribution in [2.45, 2.75) is 109 Å². The van der Waals surface area contributed by atoms with Gasteiger partial charge in [-0.15, -0.1) is 0 Å². The number of Topliss-reactive ketones (excluding diaryl/α,β-unsaturated/α-hetero) is 1. The number of hydrazine groups is 1. The molecule has 0 saturated heterocycles. The summed E-state index contributed by atoms with van der Waals surface area (Å²) in [6.45, 7) is 0.810. The van der Waals surface area contributed by atoms with Crippen molar-refractivity contribution >= 4 is 11.7 Å². The molecule has 4 heteroatoms. The molecule has 1 aliphatic heterocycles. The van der Waals surface area contributed by atoms with E-state index in [1.807, 2.05) is 0 Å². The SMILES string of the molecule is O=C1CCCC=CCC=CCCCCNNC(=O)CCCC=CCC=CCCCCCC1. The van der Waals surface area contributed by atoms with Crippen LogP contribution < -0.4 is 10.9 Å². The van der Waals surface area contributed by atoms with Gasteiger partial charge in [0.15, 0.2) is 0 Å². The predicted octanol–water partition coefficient (Wildman–Crippen LogP) is 7.05. The van der Waals surface area contributed by atoms with Crippen molar-refractivity contribution in [3.63, 3.8) is 0 Å². The van der Waals surface area contributed by atoms with Gasteiger partial charge in [-0.1, -0.05) is 61.4 Å². The van der Waals surface area contributed by atoms with E-state index in [-0.39, 0.29) is 5.91 Å². The summed E-state index contributed by atoms with van der Waals surface area (Å²) in [7, 11) is 0. The van der Waals surface area contributed by atoms with E-state index in [0.717, 1.165) is 96.4 Å². The van der Waals surface area contributed by atoms with E-state index < -0.39 is 0 Å². The van der Waals surface area contributed by atoms with Crippen molar-refractivity contribution in [3.05, 3.63) is 48.6 Å². The van der Waals surface area contributed by atoms with Gasteiger partial charge in [0.2, 0.25) is 5.91 Å². The Labute approximate surface area is 196 Å². The third-order valence-electron chi connectivity index (χ3n) is 5.54. The Morgan fingerprint density at radius 2 is 1.00 bits per heavy atom. The largest absolute Gasteiger partial charge is 0.300 e. The van der Waals surface area contributed by atoms with Gasteiger partial charge >= 0.3 is 0 Å². The van der Waals surface area contributed by atoms with Gasteiger partial charge in [0.05, 0.1) is 0 Å². The molecule has 0 aromatic rings. The second-order valence-electron chi connectivity index (χ2n) is 8.60. The summed E-state index contributed by atoms with van der Waals surface area (Å²) < 4.78 is 0. The lowest BCUT2D eigenvalue weighted by molar-refractivity contribution is -0.122. The first-order chi connectivity index (χ1) is 15.8. The quantitative estimate of drug-likeness (QED) is 0.395.